The Labute approximate surface area is 96.2 Å². The van der Waals surface area contributed by atoms with Gasteiger partial charge < -0.3 is 5.73 Å². The molecule has 0 radical (unpaired) electrons. The van der Waals surface area contributed by atoms with E-state index in [1.54, 1.807) is 6.07 Å². The summed E-state index contributed by atoms with van der Waals surface area (Å²) >= 11 is 0. The summed E-state index contributed by atoms with van der Waals surface area (Å²) < 4.78 is 13.6. The van der Waals surface area contributed by atoms with Crippen LogP contribution in [0.15, 0.2) is 18.2 Å². The Balaban J connectivity index is 2.06. The largest absolute Gasteiger partial charge is 0.326 e. The van der Waals surface area contributed by atoms with Gasteiger partial charge in [-0.3, -0.25) is 4.90 Å². The number of piperidine rings is 1. The normalized spacial score (nSPS) is 17.6. The molecule has 1 aliphatic rings. The molecule has 88 valence electrons. The molecule has 0 aromatic heterocycles. The zero-order chi connectivity index (χ0) is 11.4. The number of likely N-dealkylation sites (tertiary alicyclic amines) is 1. The quantitative estimate of drug-likeness (QED) is 0.850. The van der Waals surface area contributed by atoms with Gasteiger partial charge >= 0.3 is 0 Å². The van der Waals surface area contributed by atoms with Crippen molar-refractivity contribution in [2.45, 2.75) is 32.4 Å². The van der Waals surface area contributed by atoms with Crippen LogP contribution in [-0.4, -0.2) is 18.0 Å². The Morgan fingerprint density at radius 2 is 1.94 bits per heavy atom. The van der Waals surface area contributed by atoms with Crippen molar-refractivity contribution >= 4 is 0 Å². The predicted molar refractivity (Wildman–Crippen MR) is 63.4 cm³/mol. The highest BCUT2D eigenvalue weighted by Crippen LogP contribution is 2.16. The van der Waals surface area contributed by atoms with Crippen LogP contribution in [0.1, 0.15) is 30.4 Å². The Morgan fingerprint density at radius 1 is 1.19 bits per heavy atom. The fourth-order valence-electron chi connectivity index (χ4n) is 2.23. The average Bonchev–Trinajstić information content (AvgIpc) is 2.33. The van der Waals surface area contributed by atoms with Crippen LogP contribution >= 0.6 is 0 Å². The molecule has 2 N–H and O–H groups in total. The molecule has 0 aliphatic carbocycles. The van der Waals surface area contributed by atoms with Gasteiger partial charge in [0.15, 0.2) is 0 Å². The summed E-state index contributed by atoms with van der Waals surface area (Å²) in [6.45, 7) is 3.38. The molecule has 16 heavy (non-hydrogen) atoms. The van der Waals surface area contributed by atoms with Crippen LogP contribution in [0.3, 0.4) is 0 Å². The Bertz CT molecular complexity index is 346. The first-order valence-corrected chi connectivity index (χ1v) is 5.99. The standard InChI is InChI=1S/C13H19FN2/c14-13-5-4-11(9-15)8-12(13)10-16-6-2-1-3-7-16/h4-5,8H,1-3,6-7,9-10,15H2. The number of halogens is 1. The molecule has 0 bridgehead atoms. The Hall–Kier alpha value is -0.930. The molecular weight excluding hydrogens is 203 g/mol. The molecule has 0 amide bonds. The number of nitrogens with two attached hydrogens (primary N) is 1. The average molecular weight is 222 g/mol. The van der Waals surface area contributed by atoms with E-state index in [9.17, 15) is 4.39 Å². The van der Waals surface area contributed by atoms with E-state index in [4.69, 9.17) is 5.73 Å². The van der Waals surface area contributed by atoms with Crippen LogP contribution in [-0.2, 0) is 13.1 Å². The van der Waals surface area contributed by atoms with Gasteiger partial charge in [0.25, 0.3) is 0 Å². The van der Waals surface area contributed by atoms with Crippen molar-refractivity contribution in [3.63, 3.8) is 0 Å². The fraction of sp³-hybridized carbons (Fsp3) is 0.538. The molecule has 1 saturated heterocycles. The first-order valence-electron chi connectivity index (χ1n) is 5.99. The van der Waals surface area contributed by atoms with Crippen molar-refractivity contribution < 1.29 is 4.39 Å². The van der Waals surface area contributed by atoms with E-state index in [-0.39, 0.29) is 5.82 Å². The van der Waals surface area contributed by atoms with Crippen LogP contribution in [0.5, 0.6) is 0 Å². The first kappa shape index (κ1) is 11.6. The molecule has 0 atom stereocenters. The lowest BCUT2D eigenvalue weighted by molar-refractivity contribution is 0.218. The molecule has 1 aliphatic heterocycles. The molecule has 1 aromatic carbocycles. The van der Waals surface area contributed by atoms with Gasteiger partial charge in [-0.05, 0) is 37.6 Å². The third kappa shape index (κ3) is 2.80. The van der Waals surface area contributed by atoms with E-state index in [2.05, 4.69) is 4.90 Å². The summed E-state index contributed by atoms with van der Waals surface area (Å²) in [6, 6.07) is 5.18. The lowest BCUT2D eigenvalue weighted by Gasteiger charge is -2.26. The van der Waals surface area contributed by atoms with E-state index >= 15 is 0 Å². The van der Waals surface area contributed by atoms with Crippen molar-refractivity contribution in [1.29, 1.82) is 0 Å². The van der Waals surface area contributed by atoms with Crippen LogP contribution in [0.2, 0.25) is 0 Å². The molecule has 2 nitrogen and oxygen atoms in total. The molecule has 1 fully saturated rings. The van der Waals surface area contributed by atoms with Gasteiger partial charge in [0.1, 0.15) is 5.82 Å². The van der Waals surface area contributed by atoms with Crippen LogP contribution in [0.25, 0.3) is 0 Å². The zero-order valence-corrected chi connectivity index (χ0v) is 9.58. The summed E-state index contributed by atoms with van der Waals surface area (Å²) in [4.78, 5) is 2.32. The minimum absolute atomic E-state index is 0.109. The third-order valence-corrected chi connectivity index (χ3v) is 3.19. The number of rotatable bonds is 3. The van der Waals surface area contributed by atoms with Crippen molar-refractivity contribution in [2.24, 2.45) is 5.73 Å². The monoisotopic (exact) mass is 222 g/mol. The number of hydrogen-bond donors (Lipinski definition) is 1. The van der Waals surface area contributed by atoms with Gasteiger partial charge in [-0.1, -0.05) is 18.6 Å². The van der Waals surface area contributed by atoms with Crippen molar-refractivity contribution in [1.82, 2.24) is 4.90 Å². The van der Waals surface area contributed by atoms with Crippen molar-refractivity contribution in [3.8, 4) is 0 Å². The summed E-state index contributed by atoms with van der Waals surface area (Å²) in [6.07, 6.45) is 3.78. The third-order valence-electron chi connectivity index (χ3n) is 3.19. The predicted octanol–water partition coefficient (Wildman–Crippen LogP) is 2.27. The first-order chi connectivity index (χ1) is 7.79. The minimum atomic E-state index is -0.109. The maximum absolute atomic E-state index is 13.6. The van der Waals surface area contributed by atoms with Crippen LogP contribution in [0.4, 0.5) is 4.39 Å². The molecule has 3 heteroatoms. The van der Waals surface area contributed by atoms with E-state index < -0.39 is 0 Å². The maximum Gasteiger partial charge on any atom is 0.127 e. The summed E-state index contributed by atoms with van der Waals surface area (Å²) in [5.41, 5.74) is 7.36. The van der Waals surface area contributed by atoms with Crippen molar-refractivity contribution in [3.05, 3.63) is 35.1 Å². The SMILES string of the molecule is NCc1ccc(F)c(CN2CCCCC2)c1. The molecular formula is C13H19FN2. The number of benzene rings is 1. The second-order valence-electron chi connectivity index (χ2n) is 4.47. The number of hydrogen-bond acceptors (Lipinski definition) is 2. The van der Waals surface area contributed by atoms with Gasteiger partial charge in [0.05, 0.1) is 0 Å². The Morgan fingerprint density at radius 3 is 2.62 bits per heavy atom. The minimum Gasteiger partial charge on any atom is -0.326 e. The van der Waals surface area contributed by atoms with Gasteiger partial charge in [-0.25, -0.2) is 4.39 Å². The lowest BCUT2D eigenvalue weighted by Crippen LogP contribution is -2.29. The van der Waals surface area contributed by atoms with Crippen LogP contribution < -0.4 is 5.73 Å². The molecule has 1 aromatic rings. The zero-order valence-electron chi connectivity index (χ0n) is 9.58. The van der Waals surface area contributed by atoms with E-state index in [1.807, 2.05) is 6.07 Å². The van der Waals surface area contributed by atoms with Gasteiger partial charge in [0.2, 0.25) is 0 Å². The summed E-state index contributed by atoms with van der Waals surface area (Å²) in [7, 11) is 0. The maximum atomic E-state index is 13.6. The highest BCUT2D eigenvalue weighted by molar-refractivity contribution is 5.25. The number of nitrogens with zero attached hydrogens (tertiary/aromatic N) is 1. The van der Waals surface area contributed by atoms with Crippen LogP contribution in [0, 0.1) is 5.82 Å². The lowest BCUT2D eigenvalue weighted by atomic mass is 10.1. The smallest absolute Gasteiger partial charge is 0.127 e. The summed E-state index contributed by atoms with van der Waals surface area (Å²) in [5, 5.41) is 0. The second kappa shape index (κ2) is 5.41. The molecule has 0 saturated carbocycles. The van der Waals surface area contributed by atoms with E-state index in [0.717, 1.165) is 30.8 Å². The molecule has 0 spiro atoms. The van der Waals surface area contributed by atoms with Gasteiger partial charge in [-0.15, -0.1) is 0 Å². The summed E-state index contributed by atoms with van der Waals surface area (Å²) in [5.74, 6) is -0.109. The van der Waals surface area contributed by atoms with Gasteiger partial charge in [-0.2, -0.15) is 0 Å². The van der Waals surface area contributed by atoms with E-state index in [1.165, 1.54) is 25.3 Å². The highest BCUT2D eigenvalue weighted by Gasteiger charge is 2.12. The van der Waals surface area contributed by atoms with Crippen molar-refractivity contribution in [2.75, 3.05) is 13.1 Å². The Kier molecular flexibility index (Phi) is 3.91. The second-order valence-corrected chi connectivity index (χ2v) is 4.47. The highest BCUT2D eigenvalue weighted by atomic mass is 19.1. The topological polar surface area (TPSA) is 29.3 Å². The molecule has 0 unspecified atom stereocenters. The van der Waals surface area contributed by atoms with Gasteiger partial charge in [0, 0.05) is 18.7 Å². The fourth-order valence-corrected chi connectivity index (χ4v) is 2.23. The molecule has 1 heterocycles. The molecule has 2 rings (SSSR count). The van der Waals surface area contributed by atoms with E-state index in [0.29, 0.717) is 6.54 Å².